The van der Waals surface area contributed by atoms with Crippen molar-refractivity contribution in [3.05, 3.63) is 54.4 Å². The molecule has 8 heteroatoms. The third-order valence-electron chi connectivity index (χ3n) is 8.28. The highest BCUT2D eigenvalue weighted by atomic mass is 16.2. The summed E-state index contributed by atoms with van der Waals surface area (Å²) in [6, 6.07) is 7.76. The molecule has 1 aromatic carbocycles. The fourth-order valence-electron chi connectivity index (χ4n) is 5.92. The highest BCUT2D eigenvalue weighted by Gasteiger charge is 2.39. The highest BCUT2D eigenvalue weighted by Crippen LogP contribution is 2.46. The predicted molar refractivity (Wildman–Crippen MR) is 157 cm³/mol. The van der Waals surface area contributed by atoms with Gasteiger partial charge in [-0.2, -0.15) is 0 Å². The zero-order valence-corrected chi connectivity index (χ0v) is 23.2. The number of rotatable bonds is 5. The molecule has 0 bridgehead atoms. The van der Waals surface area contributed by atoms with E-state index in [2.05, 4.69) is 44.3 Å². The predicted octanol–water partition coefficient (Wildman–Crippen LogP) is 5.71. The maximum atomic E-state index is 13.6. The van der Waals surface area contributed by atoms with Crippen LogP contribution < -0.4 is 11.1 Å². The zero-order chi connectivity index (χ0) is 27.7. The van der Waals surface area contributed by atoms with Gasteiger partial charge in [0.05, 0.1) is 16.5 Å². The zero-order valence-electron chi connectivity index (χ0n) is 23.2. The van der Waals surface area contributed by atoms with Gasteiger partial charge in [0.25, 0.3) is 5.91 Å². The second-order valence-electron chi connectivity index (χ2n) is 11.3. The number of hydrogen-bond donors (Lipinski definition) is 2. The molecule has 39 heavy (non-hydrogen) atoms. The van der Waals surface area contributed by atoms with Crippen molar-refractivity contribution in [2.45, 2.75) is 58.8 Å². The number of nitrogens with two attached hydrogens (primary N) is 1. The van der Waals surface area contributed by atoms with Crippen molar-refractivity contribution in [2.24, 2.45) is 12.5 Å². The Hall–Kier alpha value is -3.94. The van der Waals surface area contributed by atoms with Crippen molar-refractivity contribution in [1.82, 2.24) is 19.4 Å². The molecule has 0 saturated carbocycles. The fourth-order valence-corrected chi connectivity index (χ4v) is 5.92. The van der Waals surface area contributed by atoms with Gasteiger partial charge in [-0.15, -0.1) is 0 Å². The minimum Gasteiger partial charge on any atom is -0.383 e. The lowest BCUT2D eigenvalue weighted by molar-refractivity contribution is -0.141. The van der Waals surface area contributed by atoms with Crippen LogP contribution in [-0.2, 0) is 16.6 Å². The quantitative estimate of drug-likeness (QED) is 0.414. The number of nitrogens with one attached hydrogen (secondary N) is 1. The fraction of sp³-hybridized carbons (Fsp3) is 0.419. The average Bonchev–Trinajstić information content (AvgIpc) is 3.07. The van der Waals surface area contributed by atoms with Gasteiger partial charge in [0.1, 0.15) is 17.8 Å². The van der Waals surface area contributed by atoms with Gasteiger partial charge < -0.3 is 20.5 Å². The second kappa shape index (κ2) is 10.7. The first kappa shape index (κ1) is 26.7. The number of likely N-dealkylation sites (tertiary alicyclic amines) is 1. The van der Waals surface area contributed by atoms with E-state index in [4.69, 9.17) is 5.73 Å². The Kier molecular flexibility index (Phi) is 7.30. The number of fused-ring (bicyclic) bond motifs is 1. The van der Waals surface area contributed by atoms with Crippen LogP contribution >= 0.6 is 0 Å². The Morgan fingerprint density at radius 3 is 2.38 bits per heavy atom. The van der Waals surface area contributed by atoms with Gasteiger partial charge in [-0.05, 0) is 62.3 Å². The number of anilines is 2. The molecule has 1 aliphatic heterocycles. The Morgan fingerprint density at radius 1 is 1.08 bits per heavy atom. The van der Waals surface area contributed by atoms with E-state index < -0.39 is 5.41 Å². The van der Waals surface area contributed by atoms with Gasteiger partial charge in [-0.25, -0.2) is 9.97 Å². The summed E-state index contributed by atoms with van der Waals surface area (Å²) < 4.78 is 2.06. The molecule has 0 spiro atoms. The normalized spacial score (nSPS) is 19.9. The molecule has 0 unspecified atom stereocenters. The lowest BCUT2D eigenvalue weighted by Gasteiger charge is -2.36. The summed E-state index contributed by atoms with van der Waals surface area (Å²) in [5.74, 6) is 0.520. The molecule has 1 aliphatic carbocycles. The van der Waals surface area contributed by atoms with E-state index >= 15 is 0 Å². The van der Waals surface area contributed by atoms with Crippen LogP contribution in [0.25, 0.3) is 27.9 Å². The first-order valence-electron chi connectivity index (χ1n) is 13.8. The smallest absolute Gasteiger partial charge is 0.250 e. The van der Waals surface area contributed by atoms with Crippen LogP contribution in [0.15, 0.2) is 48.8 Å². The van der Waals surface area contributed by atoms with Crippen molar-refractivity contribution in [1.29, 1.82) is 0 Å². The number of nitrogens with zero attached hydrogens (tertiary/aromatic N) is 4. The number of benzene rings is 1. The summed E-state index contributed by atoms with van der Waals surface area (Å²) in [6.07, 6.45) is 10.6. The van der Waals surface area contributed by atoms with E-state index in [-0.39, 0.29) is 11.8 Å². The van der Waals surface area contributed by atoms with Gasteiger partial charge in [-0.3, -0.25) is 9.59 Å². The van der Waals surface area contributed by atoms with E-state index in [1.807, 2.05) is 31.3 Å². The number of amides is 2. The van der Waals surface area contributed by atoms with Crippen LogP contribution in [0.3, 0.4) is 0 Å². The Balaban J connectivity index is 1.52. The van der Waals surface area contributed by atoms with E-state index in [1.165, 1.54) is 19.2 Å². The van der Waals surface area contributed by atoms with Crippen LogP contribution in [-0.4, -0.2) is 44.3 Å². The molecular weight excluding hydrogens is 488 g/mol. The summed E-state index contributed by atoms with van der Waals surface area (Å²) >= 11 is 0. The number of aromatic nitrogens is 3. The average molecular weight is 527 g/mol. The monoisotopic (exact) mass is 526 g/mol. The number of allylic oxidation sites excluding steroid dienone is 2. The van der Waals surface area contributed by atoms with Gasteiger partial charge in [0.15, 0.2) is 0 Å². The van der Waals surface area contributed by atoms with E-state index in [0.29, 0.717) is 23.5 Å². The SMILES string of the molecule is C=C(C)C(=O)Nc1ccc(-c2c(C3=CC[C@](C)(C(=O)N4CCCCCC4)CC3)c3c(N)ncnc3n2C)cc1. The summed E-state index contributed by atoms with van der Waals surface area (Å²) in [7, 11) is 1.99. The molecule has 5 rings (SSSR count). The van der Waals surface area contributed by atoms with E-state index in [9.17, 15) is 9.59 Å². The lowest BCUT2D eigenvalue weighted by atomic mass is 9.74. The van der Waals surface area contributed by atoms with Crippen molar-refractivity contribution >= 4 is 39.9 Å². The van der Waals surface area contributed by atoms with Crippen molar-refractivity contribution in [2.75, 3.05) is 24.1 Å². The maximum absolute atomic E-state index is 13.6. The van der Waals surface area contributed by atoms with Gasteiger partial charge in [0.2, 0.25) is 5.91 Å². The molecular formula is C31H38N6O2. The van der Waals surface area contributed by atoms with Crippen LogP contribution in [0.2, 0.25) is 0 Å². The number of hydrogen-bond acceptors (Lipinski definition) is 5. The van der Waals surface area contributed by atoms with Crippen molar-refractivity contribution < 1.29 is 9.59 Å². The molecule has 1 saturated heterocycles. The molecule has 2 aliphatic rings. The number of carbonyl (C=O) groups excluding carboxylic acids is 2. The lowest BCUT2D eigenvalue weighted by Crippen LogP contribution is -2.43. The Labute approximate surface area is 230 Å². The summed E-state index contributed by atoms with van der Waals surface area (Å²) in [6.45, 7) is 9.25. The van der Waals surface area contributed by atoms with Gasteiger partial charge in [-0.1, -0.05) is 44.6 Å². The third-order valence-corrected chi connectivity index (χ3v) is 8.28. The van der Waals surface area contributed by atoms with Crippen LogP contribution in [0, 0.1) is 5.41 Å². The molecule has 1 fully saturated rings. The summed E-state index contributed by atoms with van der Waals surface area (Å²) in [4.78, 5) is 36.6. The molecule has 8 nitrogen and oxygen atoms in total. The molecule has 1 atom stereocenters. The Morgan fingerprint density at radius 2 is 1.77 bits per heavy atom. The standard InChI is InChI=1S/C31H38N6O2/c1-20(2)29(38)35-23-11-9-22(10-12-23)26-24(25-27(32)33-19-34-28(25)36(26)4)21-13-15-31(3,16-14-21)30(39)37-17-7-5-6-8-18-37/h9-13,19H,1,5-8,14-18H2,2-4H3,(H,35,38)(H2,32,33,34)/t31-/m0/s1. The van der Waals surface area contributed by atoms with Crippen molar-refractivity contribution in [3.63, 3.8) is 0 Å². The number of nitrogen functional groups attached to an aromatic ring is 1. The topological polar surface area (TPSA) is 106 Å². The minimum atomic E-state index is -0.399. The second-order valence-corrected chi connectivity index (χ2v) is 11.3. The van der Waals surface area contributed by atoms with E-state index in [0.717, 1.165) is 72.2 Å². The first-order chi connectivity index (χ1) is 18.7. The third kappa shape index (κ3) is 5.07. The molecule has 2 aromatic heterocycles. The number of carbonyl (C=O) groups is 2. The minimum absolute atomic E-state index is 0.207. The first-order valence-corrected chi connectivity index (χ1v) is 13.8. The molecule has 2 amide bonds. The maximum Gasteiger partial charge on any atom is 0.250 e. The largest absolute Gasteiger partial charge is 0.383 e. The highest BCUT2D eigenvalue weighted by molar-refractivity contribution is 6.05. The molecule has 0 radical (unpaired) electrons. The van der Waals surface area contributed by atoms with Crippen LogP contribution in [0.1, 0.15) is 64.4 Å². The van der Waals surface area contributed by atoms with Gasteiger partial charge >= 0.3 is 0 Å². The Bertz CT molecular complexity index is 1460. The van der Waals surface area contributed by atoms with Gasteiger partial charge in [0, 0.05) is 37.0 Å². The molecule has 204 valence electrons. The van der Waals surface area contributed by atoms with Crippen LogP contribution in [0.5, 0.6) is 0 Å². The summed E-state index contributed by atoms with van der Waals surface area (Å²) in [5, 5.41) is 3.70. The molecule has 3 N–H and O–H groups in total. The van der Waals surface area contributed by atoms with Crippen LogP contribution in [0.4, 0.5) is 11.5 Å². The molecule has 3 heterocycles. The van der Waals surface area contributed by atoms with E-state index in [1.54, 1.807) is 6.92 Å². The number of aryl methyl sites for hydroxylation is 1. The van der Waals surface area contributed by atoms with Crippen molar-refractivity contribution in [3.8, 4) is 11.3 Å². The molecule has 3 aromatic rings. The summed E-state index contributed by atoms with van der Waals surface area (Å²) in [5.41, 5.74) is 12.1.